The third kappa shape index (κ3) is 3.64. The van der Waals surface area contributed by atoms with Crippen molar-refractivity contribution in [2.24, 2.45) is 5.92 Å². The van der Waals surface area contributed by atoms with E-state index in [-0.39, 0.29) is 11.4 Å². The van der Waals surface area contributed by atoms with Gasteiger partial charge in [0.25, 0.3) is 0 Å². The van der Waals surface area contributed by atoms with Crippen molar-refractivity contribution in [3.8, 4) is 0 Å². The first-order valence-electron chi connectivity index (χ1n) is 8.46. The molecule has 0 aromatic heterocycles. The van der Waals surface area contributed by atoms with E-state index in [2.05, 4.69) is 16.7 Å². The molecule has 1 unspecified atom stereocenters. The molecule has 1 atom stereocenters. The van der Waals surface area contributed by atoms with Crippen molar-refractivity contribution in [3.63, 3.8) is 0 Å². The van der Waals surface area contributed by atoms with Gasteiger partial charge in [-0.25, -0.2) is 0 Å². The molecule has 22 heavy (non-hydrogen) atoms. The van der Waals surface area contributed by atoms with Crippen molar-refractivity contribution in [2.75, 3.05) is 13.1 Å². The fourth-order valence-corrected chi connectivity index (χ4v) is 4.07. The minimum Gasteiger partial charge on any atom is -0.347 e. The number of benzene rings is 1. The normalized spacial score (nSPS) is 23.6. The van der Waals surface area contributed by atoms with Gasteiger partial charge < -0.3 is 10.6 Å². The molecule has 1 amide bonds. The van der Waals surface area contributed by atoms with Crippen LogP contribution in [0.1, 0.15) is 50.5 Å². The number of halogens is 1. The van der Waals surface area contributed by atoms with E-state index in [1.807, 2.05) is 18.2 Å². The highest BCUT2D eigenvalue weighted by Gasteiger charge is 2.37. The van der Waals surface area contributed by atoms with Gasteiger partial charge in [0, 0.05) is 11.4 Å². The minimum atomic E-state index is -0.199. The Bertz CT molecular complexity index is 520. The molecule has 0 radical (unpaired) electrons. The molecule has 1 saturated heterocycles. The van der Waals surface area contributed by atoms with E-state index in [4.69, 9.17) is 11.6 Å². The van der Waals surface area contributed by atoms with Crippen LogP contribution in [0.25, 0.3) is 0 Å². The average molecular weight is 321 g/mol. The number of carbonyl (C=O) groups is 1. The molecule has 2 N–H and O–H groups in total. The van der Waals surface area contributed by atoms with Crippen molar-refractivity contribution >= 4 is 17.5 Å². The van der Waals surface area contributed by atoms with Crippen LogP contribution in [0.3, 0.4) is 0 Å². The summed E-state index contributed by atoms with van der Waals surface area (Å²) in [5, 5.41) is 7.45. The molecule has 3 rings (SSSR count). The van der Waals surface area contributed by atoms with Crippen molar-refractivity contribution in [3.05, 3.63) is 34.9 Å². The van der Waals surface area contributed by atoms with Crippen LogP contribution in [0.15, 0.2) is 24.3 Å². The zero-order chi connectivity index (χ0) is 15.4. The van der Waals surface area contributed by atoms with Crippen LogP contribution in [-0.2, 0) is 10.3 Å². The van der Waals surface area contributed by atoms with E-state index >= 15 is 0 Å². The van der Waals surface area contributed by atoms with Crippen LogP contribution < -0.4 is 10.6 Å². The zero-order valence-corrected chi connectivity index (χ0v) is 13.8. The van der Waals surface area contributed by atoms with Crippen LogP contribution in [0.2, 0.25) is 5.02 Å². The topological polar surface area (TPSA) is 41.1 Å². The van der Waals surface area contributed by atoms with Gasteiger partial charge in [0.15, 0.2) is 0 Å². The highest BCUT2D eigenvalue weighted by Crippen LogP contribution is 2.39. The van der Waals surface area contributed by atoms with Crippen molar-refractivity contribution in [2.45, 2.75) is 50.5 Å². The van der Waals surface area contributed by atoms with Gasteiger partial charge >= 0.3 is 0 Å². The second-order valence-corrected chi connectivity index (χ2v) is 7.18. The van der Waals surface area contributed by atoms with Gasteiger partial charge in [-0.15, -0.1) is 0 Å². The molecule has 2 aliphatic rings. The molecular formula is C18H25ClN2O. The summed E-state index contributed by atoms with van der Waals surface area (Å²) < 4.78 is 0. The summed E-state index contributed by atoms with van der Waals surface area (Å²) in [5.74, 6) is 0.852. The monoisotopic (exact) mass is 320 g/mol. The quantitative estimate of drug-likeness (QED) is 0.870. The lowest BCUT2D eigenvalue weighted by molar-refractivity contribution is -0.123. The number of nitrogens with one attached hydrogen (secondary N) is 2. The van der Waals surface area contributed by atoms with Crippen LogP contribution in [-0.4, -0.2) is 19.0 Å². The first-order chi connectivity index (χ1) is 10.7. The molecule has 1 aliphatic heterocycles. The summed E-state index contributed by atoms with van der Waals surface area (Å²) in [7, 11) is 0. The second kappa shape index (κ2) is 7.01. The molecule has 1 aromatic carbocycles. The van der Waals surface area contributed by atoms with E-state index in [0.717, 1.165) is 42.9 Å². The molecule has 120 valence electrons. The SMILES string of the molecule is O=C(CCC1CCNC1)NC1(c2cccc(Cl)c2)CCCC1. The Morgan fingerprint density at radius 1 is 1.36 bits per heavy atom. The number of rotatable bonds is 5. The minimum absolute atomic E-state index is 0.189. The van der Waals surface area contributed by atoms with E-state index in [1.165, 1.54) is 19.3 Å². The molecule has 1 aromatic rings. The maximum absolute atomic E-state index is 12.5. The predicted molar refractivity (Wildman–Crippen MR) is 90.0 cm³/mol. The molecule has 1 heterocycles. The standard InChI is InChI=1S/C18H25ClN2O/c19-16-5-3-4-15(12-16)18(9-1-2-10-18)21-17(22)7-6-14-8-11-20-13-14/h3-5,12,14,20H,1-2,6-11,13H2,(H,21,22). The van der Waals surface area contributed by atoms with Crippen LogP contribution in [0.5, 0.6) is 0 Å². The average Bonchev–Trinajstić information content (AvgIpc) is 3.17. The summed E-state index contributed by atoms with van der Waals surface area (Å²) in [5.41, 5.74) is 0.962. The van der Waals surface area contributed by atoms with Crippen molar-refractivity contribution < 1.29 is 4.79 Å². The number of carbonyl (C=O) groups excluding carboxylic acids is 1. The van der Waals surface area contributed by atoms with Gasteiger partial charge in [0.05, 0.1) is 5.54 Å². The number of amides is 1. The first-order valence-corrected chi connectivity index (χ1v) is 8.83. The predicted octanol–water partition coefficient (Wildman–Crippen LogP) is 3.62. The molecule has 1 aliphatic carbocycles. The highest BCUT2D eigenvalue weighted by atomic mass is 35.5. The molecule has 3 nitrogen and oxygen atoms in total. The Morgan fingerprint density at radius 2 is 2.18 bits per heavy atom. The third-order valence-corrected chi connectivity index (χ3v) is 5.39. The van der Waals surface area contributed by atoms with E-state index in [1.54, 1.807) is 0 Å². The van der Waals surface area contributed by atoms with Crippen molar-refractivity contribution in [1.82, 2.24) is 10.6 Å². The van der Waals surface area contributed by atoms with Gasteiger partial charge in [0.1, 0.15) is 0 Å². The molecular weight excluding hydrogens is 296 g/mol. The Labute approximate surface area is 137 Å². The third-order valence-electron chi connectivity index (χ3n) is 5.16. The van der Waals surface area contributed by atoms with Gasteiger partial charge in [0.2, 0.25) is 5.91 Å². The van der Waals surface area contributed by atoms with Gasteiger partial charge in [-0.1, -0.05) is 36.6 Å². The van der Waals surface area contributed by atoms with Crippen molar-refractivity contribution in [1.29, 1.82) is 0 Å². The van der Waals surface area contributed by atoms with Crippen LogP contribution in [0, 0.1) is 5.92 Å². The Balaban J connectivity index is 1.64. The van der Waals surface area contributed by atoms with Gasteiger partial charge in [-0.05, 0) is 62.4 Å². The number of hydrogen-bond donors (Lipinski definition) is 2. The summed E-state index contributed by atoms with van der Waals surface area (Å²) >= 11 is 6.15. The van der Waals surface area contributed by atoms with Gasteiger partial charge in [-0.2, -0.15) is 0 Å². The Kier molecular flexibility index (Phi) is 5.04. The smallest absolute Gasteiger partial charge is 0.220 e. The summed E-state index contributed by atoms with van der Waals surface area (Å²) in [6.45, 7) is 2.16. The largest absolute Gasteiger partial charge is 0.347 e. The fraction of sp³-hybridized carbons (Fsp3) is 0.611. The van der Waals surface area contributed by atoms with E-state index < -0.39 is 0 Å². The molecule has 0 spiro atoms. The van der Waals surface area contributed by atoms with Gasteiger partial charge in [-0.3, -0.25) is 4.79 Å². The lowest BCUT2D eigenvalue weighted by Gasteiger charge is -2.31. The molecule has 4 heteroatoms. The maximum Gasteiger partial charge on any atom is 0.220 e. The zero-order valence-electron chi connectivity index (χ0n) is 13.0. The van der Waals surface area contributed by atoms with E-state index in [9.17, 15) is 4.79 Å². The second-order valence-electron chi connectivity index (χ2n) is 6.75. The summed E-state index contributed by atoms with van der Waals surface area (Å²) in [4.78, 5) is 12.5. The summed E-state index contributed by atoms with van der Waals surface area (Å²) in [6.07, 6.45) is 7.19. The maximum atomic E-state index is 12.5. The van der Waals surface area contributed by atoms with Crippen LogP contribution in [0.4, 0.5) is 0 Å². The number of hydrogen-bond acceptors (Lipinski definition) is 2. The van der Waals surface area contributed by atoms with E-state index in [0.29, 0.717) is 12.3 Å². The summed E-state index contributed by atoms with van der Waals surface area (Å²) in [6, 6.07) is 7.98. The molecule has 0 bridgehead atoms. The first kappa shape index (κ1) is 15.8. The Morgan fingerprint density at radius 3 is 2.86 bits per heavy atom. The molecule has 1 saturated carbocycles. The lowest BCUT2D eigenvalue weighted by Crippen LogP contribution is -2.43. The fourth-order valence-electron chi connectivity index (χ4n) is 3.88. The lowest BCUT2D eigenvalue weighted by atomic mass is 9.87. The Hall–Kier alpha value is -1.06. The van der Waals surface area contributed by atoms with Crippen LogP contribution >= 0.6 is 11.6 Å². The highest BCUT2D eigenvalue weighted by molar-refractivity contribution is 6.30. The molecule has 2 fully saturated rings.